The summed E-state index contributed by atoms with van der Waals surface area (Å²) in [6.07, 6.45) is 1.27. The Morgan fingerprint density at radius 1 is 1.19 bits per heavy atom. The van der Waals surface area contributed by atoms with Gasteiger partial charge in [-0.05, 0) is 62.9 Å². The van der Waals surface area contributed by atoms with Gasteiger partial charge in [-0.3, -0.25) is 14.4 Å². The first-order valence-corrected chi connectivity index (χ1v) is 10.5. The highest BCUT2D eigenvalue weighted by Gasteiger charge is 2.42. The minimum Gasteiger partial charge on any atom is -0.376 e. The van der Waals surface area contributed by atoms with Gasteiger partial charge in [-0.1, -0.05) is 12.8 Å². The van der Waals surface area contributed by atoms with Gasteiger partial charge in [0.2, 0.25) is 0 Å². The Bertz CT molecular complexity index is 1080. The first kappa shape index (κ1) is 23.6. The number of halogens is 1. The average molecular weight is 445 g/mol. The number of aliphatic hydroxyl groups is 1. The Morgan fingerprint density at radius 3 is 2.38 bits per heavy atom. The number of benzene rings is 1. The molecular formula is C23H29FN4O4. The van der Waals surface area contributed by atoms with Crippen LogP contribution in [-0.2, 0) is 11.8 Å². The van der Waals surface area contributed by atoms with Crippen LogP contribution < -0.4 is 16.4 Å². The molecule has 32 heavy (non-hydrogen) atoms. The molecule has 1 aromatic carbocycles. The number of hydrogen-bond acceptors (Lipinski definition) is 5. The largest absolute Gasteiger partial charge is 0.376 e. The average Bonchev–Trinajstić information content (AvgIpc) is 3.28. The Morgan fingerprint density at radius 2 is 1.81 bits per heavy atom. The van der Waals surface area contributed by atoms with E-state index in [0.29, 0.717) is 35.3 Å². The fourth-order valence-electron chi connectivity index (χ4n) is 4.44. The number of aliphatic hydroxyl groups excluding tert-OH is 1. The van der Waals surface area contributed by atoms with Crippen LogP contribution in [0.2, 0.25) is 0 Å². The molecule has 1 fully saturated rings. The monoisotopic (exact) mass is 444 g/mol. The van der Waals surface area contributed by atoms with E-state index in [1.165, 1.54) is 22.8 Å². The molecule has 1 aromatic heterocycles. The zero-order valence-electron chi connectivity index (χ0n) is 18.7. The molecule has 0 bridgehead atoms. The Labute approximate surface area is 186 Å². The van der Waals surface area contributed by atoms with Crippen molar-refractivity contribution in [1.82, 2.24) is 9.88 Å². The minimum absolute atomic E-state index is 0.0834. The normalized spacial score (nSPS) is 16.0. The summed E-state index contributed by atoms with van der Waals surface area (Å²) in [7, 11) is 1.60. The molecule has 1 aliphatic carbocycles. The third-order valence-electron chi connectivity index (χ3n) is 6.42. The van der Waals surface area contributed by atoms with Crippen LogP contribution in [0.3, 0.4) is 0 Å². The van der Waals surface area contributed by atoms with Crippen molar-refractivity contribution in [2.24, 2.45) is 12.8 Å². The number of aryl methyl sites for hydroxylation is 1. The van der Waals surface area contributed by atoms with Crippen molar-refractivity contribution in [3.8, 4) is 0 Å². The second-order valence-corrected chi connectivity index (χ2v) is 8.50. The topological polar surface area (TPSA) is 126 Å². The number of nitrogens with two attached hydrogens (primary N) is 1. The molecule has 0 aliphatic heterocycles. The molecule has 1 saturated carbocycles. The van der Waals surface area contributed by atoms with Crippen molar-refractivity contribution >= 4 is 23.3 Å². The number of anilines is 1. The summed E-state index contributed by atoms with van der Waals surface area (Å²) < 4.78 is 15.0. The van der Waals surface area contributed by atoms with Gasteiger partial charge in [-0.15, -0.1) is 0 Å². The highest BCUT2D eigenvalue weighted by Crippen LogP contribution is 2.31. The lowest BCUT2D eigenvalue weighted by Gasteiger charge is -2.32. The number of aromatic nitrogens is 1. The van der Waals surface area contributed by atoms with Crippen LogP contribution in [0.1, 0.15) is 63.4 Å². The van der Waals surface area contributed by atoms with E-state index in [1.807, 2.05) is 0 Å². The molecule has 2 amide bonds. The Balaban J connectivity index is 1.88. The van der Waals surface area contributed by atoms with Gasteiger partial charge in [-0.25, -0.2) is 4.39 Å². The predicted octanol–water partition coefficient (Wildman–Crippen LogP) is 2.23. The molecule has 2 aromatic rings. The molecule has 172 valence electrons. The van der Waals surface area contributed by atoms with Crippen LogP contribution in [0.5, 0.6) is 0 Å². The van der Waals surface area contributed by atoms with Gasteiger partial charge in [0.05, 0.1) is 16.8 Å². The highest BCUT2D eigenvalue weighted by molar-refractivity contribution is 6.43. The smallest absolute Gasteiger partial charge is 0.294 e. The van der Waals surface area contributed by atoms with Crippen LogP contribution in [0.15, 0.2) is 18.2 Å². The van der Waals surface area contributed by atoms with Crippen molar-refractivity contribution in [3.63, 3.8) is 0 Å². The molecule has 1 atom stereocenters. The maximum Gasteiger partial charge on any atom is 0.294 e. The van der Waals surface area contributed by atoms with E-state index in [1.54, 1.807) is 27.8 Å². The number of nitrogens with zero attached hydrogens (tertiary/aromatic N) is 1. The third-order valence-corrected chi connectivity index (χ3v) is 6.42. The van der Waals surface area contributed by atoms with Crippen LogP contribution in [0.25, 0.3) is 0 Å². The molecule has 1 unspecified atom stereocenters. The van der Waals surface area contributed by atoms with Crippen molar-refractivity contribution in [2.45, 2.75) is 58.2 Å². The second kappa shape index (κ2) is 8.84. The van der Waals surface area contributed by atoms with Crippen LogP contribution in [0.4, 0.5) is 10.1 Å². The summed E-state index contributed by atoms with van der Waals surface area (Å²) in [5.41, 5.74) is 6.68. The maximum absolute atomic E-state index is 13.5. The standard InChI is InChI=1S/C23H29FN4O4/c1-12-11-15(7-8-16(12)24)26-20(30)17-13(2)18(28(4)14(17)3)19(29)21(31)27-23(22(25)32)9-5-6-10-23/h7-8,11,22,32H,5-6,9-10,25H2,1-4H3,(H,26,30)(H,27,31). The quantitative estimate of drug-likeness (QED) is 0.309. The molecule has 1 aliphatic rings. The van der Waals surface area contributed by atoms with Crippen molar-refractivity contribution in [2.75, 3.05) is 5.32 Å². The van der Waals surface area contributed by atoms with Gasteiger partial charge in [0.1, 0.15) is 12.0 Å². The Kier molecular flexibility index (Phi) is 6.52. The number of carbonyl (C=O) groups excluding carboxylic acids is 3. The summed E-state index contributed by atoms with van der Waals surface area (Å²) in [5.74, 6) is -2.53. The first-order valence-electron chi connectivity index (χ1n) is 10.5. The molecule has 8 nitrogen and oxygen atoms in total. The first-order chi connectivity index (χ1) is 15.0. The van der Waals surface area contributed by atoms with E-state index in [9.17, 15) is 23.9 Å². The fraction of sp³-hybridized carbons (Fsp3) is 0.435. The number of ketones is 1. The summed E-state index contributed by atoms with van der Waals surface area (Å²) in [4.78, 5) is 38.8. The van der Waals surface area contributed by atoms with Crippen molar-refractivity contribution in [3.05, 3.63) is 52.1 Å². The molecule has 5 N–H and O–H groups in total. The minimum atomic E-state index is -1.28. The zero-order chi connectivity index (χ0) is 23.8. The van der Waals surface area contributed by atoms with Crippen LogP contribution >= 0.6 is 0 Å². The van der Waals surface area contributed by atoms with Gasteiger partial charge < -0.3 is 26.0 Å². The van der Waals surface area contributed by atoms with Crippen LogP contribution in [0, 0.1) is 26.6 Å². The lowest BCUT2D eigenvalue weighted by Crippen LogP contribution is -2.59. The number of rotatable bonds is 6. The van der Waals surface area contributed by atoms with Crippen molar-refractivity contribution in [1.29, 1.82) is 0 Å². The SMILES string of the molecule is Cc1cc(NC(=O)c2c(C)c(C(=O)C(=O)NC3(C(N)O)CCCC3)n(C)c2C)ccc1F. The van der Waals surface area contributed by atoms with E-state index >= 15 is 0 Å². The van der Waals surface area contributed by atoms with Gasteiger partial charge in [-0.2, -0.15) is 0 Å². The molecule has 9 heteroatoms. The van der Waals surface area contributed by atoms with E-state index in [-0.39, 0.29) is 17.1 Å². The predicted molar refractivity (Wildman–Crippen MR) is 118 cm³/mol. The summed E-state index contributed by atoms with van der Waals surface area (Å²) >= 11 is 0. The van der Waals surface area contributed by atoms with E-state index < -0.39 is 29.4 Å². The summed E-state index contributed by atoms with van der Waals surface area (Å²) in [6.45, 7) is 4.87. The van der Waals surface area contributed by atoms with E-state index in [2.05, 4.69) is 10.6 Å². The summed E-state index contributed by atoms with van der Waals surface area (Å²) in [6, 6.07) is 4.23. The van der Waals surface area contributed by atoms with Gasteiger partial charge in [0.15, 0.2) is 0 Å². The van der Waals surface area contributed by atoms with E-state index in [4.69, 9.17) is 5.73 Å². The van der Waals surface area contributed by atoms with Gasteiger partial charge in [0, 0.05) is 18.4 Å². The molecule has 0 saturated heterocycles. The van der Waals surface area contributed by atoms with Crippen LogP contribution in [-0.4, -0.2) is 39.0 Å². The lowest BCUT2D eigenvalue weighted by atomic mass is 9.95. The maximum atomic E-state index is 13.5. The lowest BCUT2D eigenvalue weighted by molar-refractivity contribution is -0.120. The van der Waals surface area contributed by atoms with Gasteiger partial charge >= 0.3 is 0 Å². The van der Waals surface area contributed by atoms with E-state index in [0.717, 1.165) is 12.8 Å². The number of carbonyl (C=O) groups is 3. The number of amides is 2. The highest BCUT2D eigenvalue weighted by atomic mass is 19.1. The summed E-state index contributed by atoms with van der Waals surface area (Å²) in [5, 5.41) is 15.3. The molecular weight excluding hydrogens is 415 g/mol. The molecule has 1 heterocycles. The molecule has 0 radical (unpaired) electrons. The molecule has 0 spiro atoms. The van der Waals surface area contributed by atoms with Gasteiger partial charge in [0.25, 0.3) is 17.6 Å². The molecule has 3 rings (SSSR count). The fourth-order valence-corrected chi connectivity index (χ4v) is 4.44. The third kappa shape index (κ3) is 4.18. The number of hydrogen-bond donors (Lipinski definition) is 4. The number of Topliss-reactive ketones (excluding diaryl/α,β-unsaturated/α-hetero) is 1. The zero-order valence-corrected chi connectivity index (χ0v) is 18.7. The Hall–Kier alpha value is -3.04. The second-order valence-electron chi connectivity index (χ2n) is 8.50. The number of nitrogens with one attached hydrogen (secondary N) is 2. The van der Waals surface area contributed by atoms with Crippen molar-refractivity contribution < 1.29 is 23.9 Å².